The van der Waals surface area contributed by atoms with Crippen LogP contribution in [0, 0.1) is 5.82 Å². The van der Waals surface area contributed by atoms with Crippen molar-refractivity contribution in [3.63, 3.8) is 0 Å². The van der Waals surface area contributed by atoms with E-state index in [0.717, 1.165) is 24.3 Å². The molecule has 0 saturated heterocycles. The Morgan fingerprint density at radius 2 is 1.81 bits per heavy atom. The molecule has 21 heavy (non-hydrogen) atoms. The smallest absolute Gasteiger partial charge is 0.294 e. The van der Waals surface area contributed by atoms with Gasteiger partial charge in [0.15, 0.2) is 5.78 Å². The first kappa shape index (κ1) is 15.5. The Morgan fingerprint density at radius 3 is 2.48 bits per heavy atom. The molecule has 0 heterocycles. The highest BCUT2D eigenvalue weighted by molar-refractivity contribution is 6.34. The fourth-order valence-corrected chi connectivity index (χ4v) is 2.07. The van der Waals surface area contributed by atoms with E-state index < -0.39 is 23.3 Å². The van der Waals surface area contributed by atoms with E-state index in [0.29, 0.717) is 0 Å². The maximum Gasteiger partial charge on any atom is 0.416 e. The van der Waals surface area contributed by atoms with E-state index >= 15 is 0 Å². The van der Waals surface area contributed by atoms with Crippen LogP contribution in [0.3, 0.4) is 0 Å². The summed E-state index contributed by atoms with van der Waals surface area (Å²) in [6.07, 6.45) is -4.76. The zero-order valence-electron chi connectivity index (χ0n) is 10.5. The molecule has 0 aliphatic carbocycles. The summed E-state index contributed by atoms with van der Waals surface area (Å²) >= 11 is 5.79. The summed E-state index contributed by atoms with van der Waals surface area (Å²) in [5.74, 6) is -1.18. The van der Waals surface area contributed by atoms with Crippen molar-refractivity contribution >= 4 is 17.4 Å². The molecular weight excluding hydrogens is 308 g/mol. The van der Waals surface area contributed by atoms with Gasteiger partial charge in [-0.05, 0) is 29.8 Å². The molecule has 0 spiro atoms. The number of Topliss-reactive ketones (excluding diaryl/α,β-unsaturated/α-hetero) is 1. The van der Waals surface area contributed by atoms with Gasteiger partial charge in [-0.15, -0.1) is 0 Å². The van der Waals surface area contributed by atoms with Gasteiger partial charge in [-0.25, -0.2) is 4.39 Å². The number of hydrogen-bond donors (Lipinski definition) is 0. The summed E-state index contributed by atoms with van der Waals surface area (Å²) in [6, 6.07) is 7.74. The standard InChI is InChI=1S/C15H9ClF4O/c16-13-5-4-11(17)8-12(13)14(21)7-9-2-1-3-10(6-9)15(18,19)20/h1-6,8H,7H2. The number of alkyl halides is 3. The second kappa shape index (κ2) is 5.85. The molecule has 0 saturated carbocycles. The van der Waals surface area contributed by atoms with E-state index in [4.69, 9.17) is 11.6 Å². The molecule has 0 atom stereocenters. The minimum absolute atomic E-state index is 0.0471. The number of hydrogen-bond acceptors (Lipinski definition) is 1. The average molecular weight is 317 g/mol. The van der Waals surface area contributed by atoms with E-state index in [2.05, 4.69) is 0 Å². The van der Waals surface area contributed by atoms with Gasteiger partial charge in [0.05, 0.1) is 10.6 Å². The van der Waals surface area contributed by atoms with Crippen LogP contribution < -0.4 is 0 Å². The lowest BCUT2D eigenvalue weighted by atomic mass is 10.0. The molecule has 0 bridgehead atoms. The molecule has 0 N–H and O–H groups in total. The Bertz CT molecular complexity index is 680. The summed E-state index contributed by atoms with van der Waals surface area (Å²) in [6.45, 7) is 0. The summed E-state index contributed by atoms with van der Waals surface area (Å²) in [7, 11) is 0. The number of carbonyl (C=O) groups is 1. The second-order valence-corrected chi connectivity index (χ2v) is 4.83. The van der Waals surface area contributed by atoms with Crippen LogP contribution in [-0.4, -0.2) is 5.78 Å². The van der Waals surface area contributed by atoms with E-state index in [1.807, 2.05) is 0 Å². The van der Waals surface area contributed by atoms with Crippen molar-refractivity contribution in [2.45, 2.75) is 12.6 Å². The van der Waals surface area contributed by atoms with Gasteiger partial charge in [-0.3, -0.25) is 4.79 Å². The van der Waals surface area contributed by atoms with Crippen molar-refractivity contribution in [1.82, 2.24) is 0 Å². The Balaban J connectivity index is 2.26. The van der Waals surface area contributed by atoms with Crippen molar-refractivity contribution in [3.8, 4) is 0 Å². The van der Waals surface area contributed by atoms with Gasteiger partial charge in [-0.2, -0.15) is 13.2 Å². The third-order valence-corrected chi connectivity index (χ3v) is 3.18. The van der Waals surface area contributed by atoms with Gasteiger partial charge < -0.3 is 0 Å². The monoisotopic (exact) mass is 316 g/mol. The molecular formula is C15H9ClF4O. The minimum Gasteiger partial charge on any atom is -0.294 e. The summed E-state index contributed by atoms with van der Waals surface area (Å²) in [5, 5.41) is 0.0633. The number of rotatable bonds is 3. The molecule has 110 valence electrons. The SMILES string of the molecule is O=C(Cc1cccc(C(F)(F)F)c1)c1cc(F)ccc1Cl. The van der Waals surface area contributed by atoms with Crippen LogP contribution in [0.2, 0.25) is 5.02 Å². The van der Waals surface area contributed by atoms with Gasteiger partial charge in [0.1, 0.15) is 5.82 Å². The maximum absolute atomic E-state index is 13.1. The topological polar surface area (TPSA) is 17.1 Å². The second-order valence-electron chi connectivity index (χ2n) is 4.42. The summed E-state index contributed by atoms with van der Waals surface area (Å²) < 4.78 is 50.9. The van der Waals surface area contributed by atoms with Gasteiger partial charge >= 0.3 is 6.18 Å². The fourth-order valence-electron chi connectivity index (χ4n) is 1.85. The lowest BCUT2D eigenvalue weighted by molar-refractivity contribution is -0.137. The fraction of sp³-hybridized carbons (Fsp3) is 0.133. The van der Waals surface area contributed by atoms with Crippen molar-refractivity contribution in [2.75, 3.05) is 0 Å². The summed E-state index contributed by atoms with van der Waals surface area (Å²) in [5.41, 5.74) is -0.692. The van der Waals surface area contributed by atoms with Gasteiger partial charge in [0.25, 0.3) is 0 Å². The highest BCUT2D eigenvalue weighted by Gasteiger charge is 2.30. The van der Waals surface area contributed by atoms with Crippen LogP contribution in [0.15, 0.2) is 42.5 Å². The minimum atomic E-state index is -4.48. The molecule has 0 aliphatic rings. The van der Waals surface area contributed by atoms with Crippen LogP contribution in [0.4, 0.5) is 17.6 Å². The Morgan fingerprint density at radius 1 is 1.10 bits per heavy atom. The maximum atomic E-state index is 13.1. The number of halogens is 5. The van der Waals surface area contributed by atoms with Crippen molar-refractivity contribution in [3.05, 3.63) is 70.0 Å². The van der Waals surface area contributed by atoms with E-state index in [1.54, 1.807) is 0 Å². The quantitative estimate of drug-likeness (QED) is 0.580. The molecule has 0 unspecified atom stereocenters. The number of benzene rings is 2. The molecule has 6 heteroatoms. The first-order chi connectivity index (χ1) is 9.77. The van der Waals surface area contributed by atoms with E-state index in [1.165, 1.54) is 18.2 Å². The van der Waals surface area contributed by atoms with Crippen LogP contribution in [0.5, 0.6) is 0 Å². The normalized spacial score (nSPS) is 11.5. The Hall–Kier alpha value is -1.88. The molecule has 0 aromatic heterocycles. The van der Waals surface area contributed by atoms with Crippen LogP contribution in [0.25, 0.3) is 0 Å². The first-order valence-corrected chi connectivity index (χ1v) is 6.29. The average Bonchev–Trinajstić information content (AvgIpc) is 2.41. The molecule has 2 rings (SSSR count). The molecule has 0 aliphatic heterocycles. The Labute approximate surface area is 123 Å². The zero-order valence-corrected chi connectivity index (χ0v) is 11.3. The highest BCUT2D eigenvalue weighted by atomic mass is 35.5. The molecule has 2 aromatic rings. The number of carbonyl (C=O) groups excluding carboxylic acids is 1. The summed E-state index contributed by atoms with van der Waals surface area (Å²) in [4.78, 5) is 12.0. The Kier molecular flexibility index (Phi) is 4.32. The van der Waals surface area contributed by atoms with Crippen molar-refractivity contribution < 1.29 is 22.4 Å². The van der Waals surface area contributed by atoms with Crippen LogP contribution in [-0.2, 0) is 12.6 Å². The molecule has 0 amide bonds. The predicted octanol–water partition coefficient (Wildman–Crippen LogP) is 4.92. The molecule has 0 fully saturated rings. The highest BCUT2D eigenvalue weighted by Crippen LogP contribution is 2.30. The number of ketones is 1. The van der Waals surface area contributed by atoms with Gasteiger partial charge in [-0.1, -0.05) is 29.8 Å². The third kappa shape index (κ3) is 3.82. The van der Waals surface area contributed by atoms with Crippen LogP contribution >= 0.6 is 11.6 Å². The molecule has 1 nitrogen and oxygen atoms in total. The van der Waals surface area contributed by atoms with Crippen LogP contribution in [0.1, 0.15) is 21.5 Å². The molecule has 0 radical (unpaired) electrons. The zero-order chi connectivity index (χ0) is 15.6. The van der Waals surface area contributed by atoms with Gasteiger partial charge in [0, 0.05) is 12.0 Å². The van der Waals surface area contributed by atoms with E-state index in [9.17, 15) is 22.4 Å². The van der Waals surface area contributed by atoms with Crippen molar-refractivity contribution in [2.24, 2.45) is 0 Å². The lowest BCUT2D eigenvalue weighted by Crippen LogP contribution is -2.08. The van der Waals surface area contributed by atoms with E-state index in [-0.39, 0.29) is 22.6 Å². The first-order valence-electron chi connectivity index (χ1n) is 5.92. The van der Waals surface area contributed by atoms with Crippen molar-refractivity contribution in [1.29, 1.82) is 0 Å². The molecule has 2 aromatic carbocycles. The predicted molar refractivity (Wildman–Crippen MR) is 70.9 cm³/mol. The lowest BCUT2D eigenvalue weighted by Gasteiger charge is -2.09. The van der Waals surface area contributed by atoms with Gasteiger partial charge in [0.2, 0.25) is 0 Å². The largest absolute Gasteiger partial charge is 0.416 e. The third-order valence-electron chi connectivity index (χ3n) is 2.85.